The zero-order valence-corrected chi connectivity index (χ0v) is 33.5. The Balaban J connectivity index is 2.16. The molecule has 0 spiro atoms. The molecule has 0 heterocycles. The van der Waals surface area contributed by atoms with E-state index in [1.54, 1.807) is 0 Å². The van der Waals surface area contributed by atoms with Gasteiger partial charge in [0.1, 0.15) is 0 Å². The van der Waals surface area contributed by atoms with Crippen LogP contribution in [0, 0.1) is 3.57 Å². The van der Waals surface area contributed by atoms with E-state index in [1.165, 1.54) is 193 Å². The molecule has 0 atom stereocenters. The summed E-state index contributed by atoms with van der Waals surface area (Å²) in [7, 11) is 0. The zero-order chi connectivity index (χ0) is 34.0. The Morgan fingerprint density at radius 1 is 0.468 bits per heavy atom. The van der Waals surface area contributed by atoms with Crippen LogP contribution in [0.15, 0.2) is 12.1 Å². The zero-order valence-electron chi connectivity index (χ0n) is 31.3. The molecule has 47 heavy (non-hydrogen) atoms. The van der Waals surface area contributed by atoms with Gasteiger partial charge >= 0.3 is 5.97 Å². The van der Waals surface area contributed by atoms with Crippen molar-refractivity contribution in [2.75, 3.05) is 0 Å². The third-order valence-corrected chi connectivity index (χ3v) is 11.8. The van der Waals surface area contributed by atoms with Gasteiger partial charge in [0.25, 0.3) is 0 Å². The van der Waals surface area contributed by atoms with Gasteiger partial charge in [0, 0.05) is 0 Å². The SMILES string of the molecule is CCCCCCCCCCCCCCCCCCc1cc(CCCCCCCCCCCCCCCCCC)c(I=O)c(C(=O)O)c1. The normalized spacial score (nSPS) is 11.4. The molecule has 0 aliphatic heterocycles. The van der Waals surface area contributed by atoms with Crippen molar-refractivity contribution in [2.45, 2.75) is 232 Å². The number of hydrogen-bond donors (Lipinski definition) is 1. The minimum absolute atomic E-state index is 0.299. The maximum absolute atomic E-state index is 12.1. The molecule has 0 aromatic heterocycles. The number of aromatic carboxylic acids is 1. The maximum Gasteiger partial charge on any atom is 0.336 e. The second-order valence-electron chi connectivity index (χ2n) is 14.6. The van der Waals surface area contributed by atoms with Crippen LogP contribution in [-0.4, -0.2) is 11.1 Å². The van der Waals surface area contributed by atoms with Crippen molar-refractivity contribution in [3.63, 3.8) is 0 Å². The molecule has 0 amide bonds. The number of carboxylic acid groups (broad SMARTS) is 1. The molecule has 0 radical (unpaired) electrons. The Bertz CT molecular complexity index is 867. The molecule has 3 nitrogen and oxygen atoms in total. The highest BCUT2D eigenvalue weighted by atomic mass is 127. The highest BCUT2D eigenvalue weighted by molar-refractivity contribution is 14.1. The van der Waals surface area contributed by atoms with Crippen molar-refractivity contribution in [1.29, 1.82) is 0 Å². The number of hydrogen-bond acceptors (Lipinski definition) is 2. The van der Waals surface area contributed by atoms with Gasteiger partial charge in [-0.3, -0.25) is 3.07 Å². The van der Waals surface area contributed by atoms with Crippen molar-refractivity contribution >= 4 is 27.2 Å². The summed E-state index contributed by atoms with van der Waals surface area (Å²) in [6.45, 7) is 4.57. The molecule has 0 aliphatic rings. The predicted octanol–water partition coefficient (Wildman–Crippen LogP) is 15.5. The highest BCUT2D eigenvalue weighted by Gasteiger charge is 2.16. The average molecular weight is 769 g/mol. The first-order valence-electron chi connectivity index (χ1n) is 20.8. The topological polar surface area (TPSA) is 54.4 Å². The number of benzene rings is 1. The predicted molar refractivity (Wildman–Crippen MR) is 213 cm³/mol. The van der Waals surface area contributed by atoms with Gasteiger partial charge in [0.2, 0.25) is 0 Å². The number of aryl methyl sites for hydroxylation is 2. The van der Waals surface area contributed by atoms with E-state index in [2.05, 4.69) is 19.9 Å². The summed E-state index contributed by atoms with van der Waals surface area (Å²) in [5.41, 5.74) is 2.47. The molecule has 0 bridgehead atoms. The van der Waals surface area contributed by atoms with Gasteiger partial charge in [-0.1, -0.05) is 213 Å². The molecule has 1 aromatic rings. The summed E-state index contributed by atoms with van der Waals surface area (Å²) in [5.74, 6) is -0.919. The molecular formula is C43H77IO3. The van der Waals surface area contributed by atoms with Gasteiger partial charge in [-0.2, -0.15) is 0 Å². The second kappa shape index (κ2) is 33.7. The van der Waals surface area contributed by atoms with Gasteiger partial charge in [-0.15, -0.1) is 0 Å². The van der Waals surface area contributed by atoms with E-state index in [0.29, 0.717) is 9.13 Å². The Morgan fingerprint density at radius 2 is 0.766 bits per heavy atom. The van der Waals surface area contributed by atoms with Gasteiger partial charge in [0.05, 0.1) is 9.13 Å². The molecule has 0 saturated heterocycles. The first kappa shape index (κ1) is 44.2. The van der Waals surface area contributed by atoms with E-state index >= 15 is 0 Å². The van der Waals surface area contributed by atoms with E-state index in [1.807, 2.05) is 6.07 Å². The molecule has 0 unspecified atom stereocenters. The van der Waals surface area contributed by atoms with Crippen molar-refractivity contribution in [2.24, 2.45) is 0 Å². The first-order valence-corrected chi connectivity index (χ1v) is 22.8. The van der Waals surface area contributed by atoms with Crippen LogP contribution in [0.1, 0.15) is 241 Å². The van der Waals surface area contributed by atoms with Crippen molar-refractivity contribution in [3.8, 4) is 0 Å². The van der Waals surface area contributed by atoms with Gasteiger partial charge in [-0.05, 0) is 42.9 Å². The van der Waals surface area contributed by atoms with Crippen LogP contribution in [0.3, 0.4) is 0 Å². The fourth-order valence-electron chi connectivity index (χ4n) is 7.06. The Labute approximate surface area is 303 Å². The minimum atomic E-state index is -1.49. The molecule has 1 aromatic carbocycles. The monoisotopic (exact) mass is 768 g/mol. The van der Waals surface area contributed by atoms with Crippen LogP contribution in [0.5, 0.6) is 0 Å². The van der Waals surface area contributed by atoms with Gasteiger partial charge in [-0.25, -0.2) is 4.79 Å². The van der Waals surface area contributed by atoms with Crippen LogP contribution in [0.25, 0.3) is 0 Å². The quantitative estimate of drug-likeness (QED) is 0.0546. The number of carboxylic acids is 1. The van der Waals surface area contributed by atoms with Crippen molar-refractivity contribution < 1.29 is 13.0 Å². The lowest BCUT2D eigenvalue weighted by Gasteiger charge is -2.11. The van der Waals surface area contributed by atoms with Crippen LogP contribution >= 0.6 is 21.2 Å². The molecular weight excluding hydrogens is 691 g/mol. The van der Waals surface area contributed by atoms with Crippen LogP contribution in [0.2, 0.25) is 0 Å². The highest BCUT2D eigenvalue weighted by Crippen LogP contribution is 2.27. The Morgan fingerprint density at radius 3 is 1.06 bits per heavy atom. The number of halogens is 1. The van der Waals surface area contributed by atoms with Crippen LogP contribution in [-0.2, 0) is 15.9 Å². The molecule has 0 saturated carbocycles. The molecule has 1 rings (SSSR count). The smallest absolute Gasteiger partial charge is 0.336 e. The van der Waals surface area contributed by atoms with Crippen LogP contribution < -0.4 is 0 Å². The van der Waals surface area contributed by atoms with E-state index in [-0.39, 0.29) is 0 Å². The maximum atomic E-state index is 12.1. The van der Waals surface area contributed by atoms with Crippen molar-refractivity contribution in [1.82, 2.24) is 0 Å². The number of unbranched alkanes of at least 4 members (excludes halogenated alkanes) is 30. The summed E-state index contributed by atoms with van der Waals surface area (Å²) < 4.78 is 12.8. The lowest BCUT2D eigenvalue weighted by molar-refractivity contribution is 0.0695. The second-order valence-corrected chi connectivity index (χ2v) is 16.1. The summed E-state index contributed by atoms with van der Waals surface area (Å²) in [4.78, 5) is 12.0. The summed E-state index contributed by atoms with van der Waals surface area (Å²) in [5, 5.41) is 9.85. The molecule has 274 valence electrons. The van der Waals surface area contributed by atoms with E-state index in [4.69, 9.17) is 0 Å². The largest absolute Gasteiger partial charge is 0.478 e. The Hall–Kier alpha value is -0.780. The molecule has 4 heteroatoms. The minimum Gasteiger partial charge on any atom is -0.478 e. The average Bonchev–Trinajstić information content (AvgIpc) is 3.07. The summed E-state index contributed by atoms with van der Waals surface area (Å²) in [6, 6.07) is 4.01. The summed E-state index contributed by atoms with van der Waals surface area (Å²) in [6.07, 6.45) is 45.1. The lowest BCUT2D eigenvalue weighted by atomic mass is 9.97. The molecule has 0 fully saturated rings. The van der Waals surface area contributed by atoms with Gasteiger partial charge in [0.15, 0.2) is 21.2 Å². The Kier molecular flexibility index (Phi) is 31.7. The summed E-state index contributed by atoms with van der Waals surface area (Å²) >= 11 is -1.49. The molecule has 0 aliphatic carbocycles. The fraction of sp³-hybridized carbons (Fsp3) is 0.837. The number of carbonyl (C=O) groups is 1. The van der Waals surface area contributed by atoms with E-state index < -0.39 is 27.2 Å². The standard InChI is InChI=1S/C43H77IO3/c1-3-5-7-9-11-13-15-17-19-21-23-25-27-29-31-33-35-39-37-40(42(44-47)41(38-39)43(45)46)36-34-32-30-28-26-24-22-20-18-16-14-12-10-8-6-4-2/h37-38H,3-36H2,1-2H3,(H,45,46). The third kappa shape index (κ3) is 25.8. The van der Waals surface area contributed by atoms with E-state index in [9.17, 15) is 13.0 Å². The number of rotatable bonds is 36. The van der Waals surface area contributed by atoms with E-state index in [0.717, 1.165) is 36.8 Å². The van der Waals surface area contributed by atoms with Crippen molar-refractivity contribution in [3.05, 3.63) is 32.4 Å². The molecule has 1 N–H and O–H groups in total. The lowest BCUT2D eigenvalue weighted by Crippen LogP contribution is -2.06. The fourth-order valence-corrected chi connectivity index (χ4v) is 8.40. The van der Waals surface area contributed by atoms with Crippen LogP contribution in [0.4, 0.5) is 0 Å². The third-order valence-electron chi connectivity index (χ3n) is 10.1. The first-order chi connectivity index (χ1) is 23.1. The van der Waals surface area contributed by atoms with Gasteiger partial charge < -0.3 is 5.11 Å².